The number of hydrogen-bond acceptors (Lipinski definition) is 4. The summed E-state index contributed by atoms with van der Waals surface area (Å²) in [5, 5.41) is 9.57. The van der Waals surface area contributed by atoms with Crippen LogP contribution in [-0.2, 0) is 13.1 Å². The van der Waals surface area contributed by atoms with Gasteiger partial charge in [-0.25, -0.2) is 0 Å². The van der Waals surface area contributed by atoms with Crippen molar-refractivity contribution in [2.24, 2.45) is 0 Å². The number of rotatable bonds is 7. The Kier molecular flexibility index (Phi) is 6.89. The lowest BCUT2D eigenvalue weighted by atomic mass is 10.0. The lowest BCUT2D eigenvalue weighted by Crippen LogP contribution is -2.52. The SMILES string of the molecule is COc1ccc(CN2CCN(Cc3ccccc3C)[C@@H](CCO)C2)cc1C. The maximum absolute atomic E-state index is 9.57. The Balaban J connectivity index is 1.65. The molecular formula is C23H32N2O2. The molecule has 27 heavy (non-hydrogen) atoms. The third-order valence-electron chi connectivity index (χ3n) is 5.65. The van der Waals surface area contributed by atoms with Crippen molar-refractivity contribution in [1.29, 1.82) is 0 Å². The number of nitrogens with zero attached hydrogens (tertiary/aromatic N) is 2. The summed E-state index contributed by atoms with van der Waals surface area (Å²) < 4.78 is 5.37. The van der Waals surface area contributed by atoms with E-state index in [0.717, 1.165) is 44.9 Å². The topological polar surface area (TPSA) is 35.9 Å². The number of aliphatic hydroxyl groups excluding tert-OH is 1. The lowest BCUT2D eigenvalue weighted by molar-refractivity contribution is 0.0498. The normalized spacial score (nSPS) is 18.6. The van der Waals surface area contributed by atoms with E-state index in [1.165, 1.54) is 22.3 Å². The van der Waals surface area contributed by atoms with Crippen molar-refractivity contribution in [2.75, 3.05) is 33.4 Å². The predicted molar refractivity (Wildman–Crippen MR) is 110 cm³/mol. The summed E-state index contributed by atoms with van der Waals surface area (Å²) in [7, 11) is 1.72. The number of methoxy groups -OCH3 is 1. The Bertz CT molecular complexity index is 747. The smallest absolute Gasteiger partial charge is 0.121 e. The first-order valence-corrected chi connectivity index (χ1v) is 9.86. The van der Waals surface area contributed by atoms with Crippen LogP contribution in [0.3, 0.4) is 0 Å². The minimum absolute atomic E-state index is 0.240. The number of benzene rings is 2. The molecule has 0 aromatic heterocycles. The van der Waals surface area contributed by atoms with Gasteiger partial charge in [-0.15, -0.1) is 0 Å². The van der Waals surface area contributed by atoms with E-state index in [9.17, 15) is 5.11 Å². The van der Waals surface area contributed by atoms with Crippen LogP contribution in [0.1, 0.15) is 28.7 Å². The summed E-state index contributed by atoms with van der Waals surface area (Å²) in [5.74, 6) is 0.944. The van der Waals surface area contributed by atoms with E-state index >= 15 is 0 Å². The molecule has 146 valence electrons. The highest BCUT2D eigenvalue weighted by Gasteiger charge is 2.27. The molecule has 0 spiro atoms. The third-order valence-corrected chi connectivity index (χ3v) is 5.65. The second kappa shape index (κ2) is 9.36. The first-order chi connectivity index (χ1) is 13.1. The van der Waals surface area contributed by atoms with Gasteiger partial charge < -0.3 is 9.84 Å². The van der Waals surface area contributed by atoms with Gasteiger partial charge in [0.1, 0.15) is 5.75 Å². The monoisotopic (exact) mass is 368 g/mol. The molecule has 4 heteroatoms. The highest BCUT2D eigenvalue weighted by atomic mass is 16.5. The van der Waals surface area contributed by atoms with Crippen LogP contribution in [0.4, 0.5) is 0 Å². The van der Waals surface area contributed by atoms with Gasteiger partial charge in [0.25, 0.3) is 0 Å². The van der Waals surface area contributed by atoms with Crippen molar-refractivity contribution in [3.63, 3.8) is 0 Å². The minimum atomic E-state index is 0.240. The molecule has 1 aliphatic heterocycles. The zero-order valence-electron chi connectivity index (χ0n) is 16.8. The summed E-state index contributed by atoms with van der Waals surface area (Å²) in [6.07, 6.45) is 0.823. The fourth-order valence-corrected chi connectivity index (χ4v) is 4.04. The number of aliphatic hydroxyl groups is 1. The second-order valence-electron chi connectivity index (χ2n) is 7.60. The lowest BCUT2D eigenvalue weighted by Gasteiger charge is -2.41. The van der Waals surface area contributed by atoms with Gasteiger partial charge in [-0.1, -0.05) is 36.4 Å². The van der Waals surface area contributed by atoms with Crippen LogP contribution in [0.25, 0.3) is 0 Å². The average Bonchev–Trinajstić information content (AvgIpc) is 2.66. The largest absolute Gasteiger partial charge is 0.496 e. The predicted octanol–water partition coefficient (Wildman–Crippen LogP) is 3.38. The first-order valence-electron chi connectivity index (χ1n) is 9.86. The second-order valence-corrected chi connectivity index (χ2v) is 7.60. The number of aryl methyl sites for hydroxylation is 2. The van der Waals surface area contributed by atoms with Crippen molar-refractivity contribution < 1.29 is 9.84 Å². The quantitative estimate of drug-likeness (QED) is 0.813. The summed E-state index contributed by atoms with van der Waals surface area (Å²) in [5.41, 5.74) is 5.24. The molecule has 4 nitrogen and oxygen atoms in total. The Morgan fingerprint density at radius 3 is 2.56 bits per heavy atom. The molecule has 1 heterocycles. The Morgan fingerprint density at radius 1 is 1.04 bits per heavy atom. The van der Waals surface area contributed by atoms with Crippen LogP contribution in [0.5, 0.6) is 5.75 Å². The number of ether oxygens (including phenoxy) is 1. The molecule has 0 unspecified atom stereocenters. The van der Waals surface area contributed by atoms with Crippen molar-refractivity contribution in [1.82, 2.24) is 9.80 Å². The van der Waals surface area contributed by atoms with Crippen LogP contribution in [0.2, 0.25) is 0 Å². The molecule has 0 bridgehead atoms. The van der Waals surface area contributed by atoms with Gasteiger partial charge in [0.15, 0.2) is 0 Å². The fraction of sp³-hybridized carbons (Fsp3) is 0.478. The molecule has 1 fully saturated rings. The van der Waals surface area contributed by atoms with Gasteiger partial charge in [-0.3, -0.25) is 9.80 Å². The molecular weight excluding hydrogens is 336 g/mol. The molecule has 0 aliphatic carbocycles. The summed E-state index contributed by atoms with van der Waals surface area (Å²) >= 11 is 0. The summed E-state index contributed by atoms with van der Waals surface area (Å²) in [4.78, 5) is 5.05. The molecule has 1 saturated heterocycles. The maximum atomic E-state index is 9.57. The molecule has 0 saturated carbocycles. The van der Waals surface area contributed by atoms with E-state index in [2.05, 4.69) is 66.1 Å². The first kappa shape index (κ1) is 19.9. The third kappa shape index (κ3) is 5.10. The van der Waals surface area contributed by atoms with E-state index in [1.54, 1.807) is 7.11 Å². The van der Waals surface area contributed by atoms with E-state index in [1.807, 2.05) is 0 Å². The van der Waals surface area contributed by atoms with E-state index < -0.39 is 0 Å². The van der Waals surface area contributed by atoms with Crippen LogP contribution in [0, 0.1) is 13.8 Å². The van der Waals surface area contributed by atoms with Gasteiger partial charge in [0.05, 0.1) is 7.11 Å². The Labute approximate surface area is 163 Å². The van der Waals surface area contributed by atoms with Crippen LogP contribution in [-0.4, -0.2) is 54.3 Å². The molecule has 1 atom stereocenters. The Morgan fingerprint density at radius 2 is 1.85 bits per heavy atom. The van der Waals surface area contributed by atoms with Gasteiger partial charge >= 0.3 is 0 Å². The molecule has 0 amide bonds. The van der Waals surface area contributed by atoms with Gasteiger partial charge in [-0.05, 0) is 48.6 Å². The van der Waals surface area contributed by atoms with Crippen LogP contribution >= 0.6 is 0 Å². The highest BCUT2D eigenvalue weighted by molar-refractivity contribution is 5.36. The maximum Gasteiger partial charge on any atom is 0.121 e. The average molecular weight is 369 g/mol. The Hall–Kier alpha value is -1.88. The number of piperazine rings is 1. The molecule has 1 N–H and O–H groups in total. The molecule has 2 aromatic carbocycles. The number of hydrogen-bond donors (Lipinski definition) is 1. The van der Waals surface area contributed by atoms with Crippen molar-refractivity contribution in [2.45, 2.75) is 39.4 Å². The van der Waals surface area contributed by atoms with Crippen LogP contribution in [0.15, 0.2) is 42.5 Å². The standard InChI is InChI=1S/C23H32N2O2/c1-18-6-4-5-7-21(18)16-25-12-11-24(17-22(25)10-13-26)15-20-8-9-23(27-3)19(2)14-20/h4-9,14,22,26H,10-13,15-17H2,1-3H3/t22-/m0/s1. The van der Waals surface area contributed by atoms with Crippen molar-refractivity contribution in [3.8, 4) is 5.75 Å². The van der Waals surface area contributed by atoms with Crippen molar-refractivity contribution in [3.05, 3.63) is 64.7 Å². The molecule has 1 aliphatic rings. The van der Waals surface area contributed by atoms with E-state index in [4.69, 9.17) is 4.74 Å². The summed E-state index contributed by atoms with van der Waals surface area (Å²) in [6.45, 7) is 9.52. The van der Waals surface area contributed by atoms with Crippen molar-refractivity contribution >= 4 is 0 Å². The molecule has 0 radical (unpaired) electrons. The molecule has 2 aromatic rings. The molecule has 3 rings (SSSR count). The zero-order chi connectivity index (χ0) is 19.2. The van der Waals surface area contributed by atoms with Crippen LogP contribution < -0.4 is 4.74 Å². The highest BCUT2D eigenvalue weighted by Crippen LogP contribution is 2.22. The minimum Gasteiger partial charge on any atom is -0.496 e. The van der Waals surface area contributed by atoms with E-state index in [-0.39, 0.29) is 6.61 Å². The van der Waals surface area contributed by atoms with E-state index in [0.29, 0.717) is 6.04 Å². The fourth-order valence-electron chi connectivity index (χ4n) is 4.04. The van der Waals surface area contributed by atoms with Gasteiger partial charge in [0, 0.05) is 45.4 Å². The van der Waals surface area contributed by atoms with Gasteiger partial charge in [0.2, 0.25) is 0 Å². The van der Waals surface area contributed by atoms with Gasteiger partial charge in [-0.2, -0.15) is 0 Å². The zero-order valence-corrected chi connectivity index (χ0v) is 16.8. The summed E-state index contributed by atoms with van der Waals surface area (Å²) in [6, 6.07) is 15.4.